The summed E-state index contributed by atoms with van der Waals surface area (Å²) in [5.74, 6) is -2.72. The number of likely N-dealkylation sites (tertiary alicyclic amines) is 1. The standard InChI is InChI=1S/C23H24F2N3O.C2H5.H2O.Os/c1-14-4-2-7-18(27-14)17-6-3-5-15(8-17)9-19-20(26)23(24,25)13-28(19)21(29)22-10-16(11-22)12-22;1-2;;/h2-8,16,19-20,26H,9-13H2,1H3;1H2,2H3;1H2;/q2*-1;;+5/t16?,19-,20+,22?;;;/m0.../s1. The van der Waals surface area contributed by atoms with Crippen LogP contribution in [0.25, 0.3) is 17.0 Å². The summed E-state index contributed by atoms with van der Waals surface area (Å²) in [6.45, 7) is 6.29. The molecule has 33 heavy (non-hydrogen) atoms. The number of carbonyl (C=O) groups is 1. The fourth-order valence-corrected chi connectivity index (χ4v) is 5.20. The molecule has 1 saturated heterocycles. The Labute approximate surface area is 207 Å². The van der Waals surface area contributed by atoms with Crippen LogP contribution in [0.5, 0.6) is 0 Å². The van der Waals surface area contributed by atoms with Gasteiger partial charge in [0.15, 0.2) is 0 Å². The molecule has 6 rings (SSSR count). The van der Waals surface area contributed by atoms with Crippen LogP contribution in [0.1, 0.15) is 37.4 Å². The molecular formula is C25H31F2N3O2Os+3. The van der Waals surface area contributed by atoms with E-state index in [1.807, 2.05) is 49.4 Å². The normalized spacial score (nSPS) is 28.2. The molecule has 0 spiro atoms. The first kappa shape index (κ1) is 27.5. The Kier molecular flexibility index (Phi) is 8.54. The Balaban J connectivity index is 0.000000939. The van der Waals surface area contributed by atoms with Crippen LogP contribution < -0.4 is 0 Å². The number of amides is 1. The molecule has 4 fully saturated rings. The first-order valence-electron chi connectivity index (χ1n) is 10.9. The van der Waals surface area contributed by atoms with Crippen LogP contribution in [0, 0.1) is 25.2 Å². The molecular weight excluding hydrogens is 603 g/mol. The number of pyridine rings is 1. The third-order valence-electron chi connectivity index (χ3n) is 6.93. The van der Waals surface area contributed by atoms with Crippen molar-refractivity contribution in [1.82, 2.24) is 9.88 Å². The first-order chi connectivity index (χ1) is 14.8. The zero-order valence-electron chi connectivity index (χ0n) is 18.9. The number of rotatable bonds is 4. The van der Waals surface area contributed by atoms with Crippen LogP contribution in [0.3, 0.4) is 0 Å². The van der Waals surface area contributed by atoms with Crippen LogP contribution in [-0.2, 0) is 31.0 Å². The molecule has 0 unspecified atom stereocenters. The van der Waals surface area contributed by atoms with Crippen molar-refractivity contribution in [2.24, 2.45) is 11.3 Å². The van der Waals surface area contributed by atoms with Crippen LogP contribution >= 0.6 is 0 Å². The van der Waals surface area contributed by atoms with E-state index in [0.717, 1.165) is 41.8 Å². The van der Waals surface area contributed by atoms with Gasteiger partial charge in [-0.25, -0.2) is 8.78 Å². The van der Waals surface area contributed by atoms with Crippen molar-refractivity contribution in [2.75, 3.05) is 6.54 Å². The summed E-state index contributed by atoms with van der Waals surface area (Å²) in [5, 5.41) is 0. The molecule has 2 bridgehead atoms. The molecule has 2 heterocycles. The van der Waals surface area contributed by atoms with Gasteiger partial charge in [-0.15, -0.1) is 0 Å². The maximum absolute atomic E-state index is 14.4. The maximum Gasteiger partial charge on any atom is 5.00 e. The number of carbonyl (C=O) groups excluding carboxylic acids is 1. The van der Waals surface area contributed by atoms with Gasteiger partial charge < -0.3 is 23.0 Å². The summed E-state index contributed by atoms with van der Waals surface area (Å²) in [6, 6.07) is 11.0. The number of nitrogens with one attached hydrogen (secondary N) is 1. The fraction of sp³-hybridized carbons (Fsp3) is 0.480. The van der Waals surface area contributed by atoms with Crippen molar-refractivity contribution < 1.29 is 38.8 Å². The Morgan fingerprint density at radius 3 is 2.39 bits per heavy atom. The Morgan fingerprint density at radius 2 is 1.82 bits per heavy atom. The summed E-state index contributed by atoms with van der Waals surface area (Å²) in [6.07, 6.45) is 2.75. The van der Waals surface area contributed by atoms with Crippen LogP contribution in [0.15, 0.2) is 42.5 Å². The van der Waals surface area contributed by atoms with E-state index in [-0.39, 0.29) is 37.6 Å². The summed E-state index contributed by atoms with van der Waals surface area (Å²) in [7, 11) is 0. The second kappa shape index (κ2) is 10.3. The van der Waals surface area contributed by atoms with Crippen molar-refractivity contribution >= 4 is 5.91 Å². The second-order valence-corrected chi connectivity index (χ2v) is 9.07. The first-order valence-corrected chi connectivity index (χ1v) is 10.9. The molecule has 3 saturated carbocycles. The molecule has 5 nitrogen and oxygen atoms in total. The van der Waals surface area contributed by atoms with Gasteiger partial charge in [0.2, 0.25) is 5.91 Å². The van der Waals surface area contributed by atoms with E-state index >= 15 is 0 Å². The predicted octanol–water partition coefficient (Wildman–Crippen LogP) is 4.68. The van der Waals surface area contributed by atoms with Crippen molar-refractivity contribution in [3.63, 3.8) is 0 Å². The van der Waals surface area contributed by atoms with E-state index < -0.39 is 30.0 Å². The van der Waals surface area contributed by atoms with Gasteiger partial charge in [-0.2, -0.15) is 6.92 Å². The number of hydrogen-bond acceptors (Lipinski definition) is 2. The average molecular weight is 634 g/mol. The number of alkyl halides is 2. The molecule has 2 aromatic rings. The van der Waals surface area contributed by atoms with Crippen molar-refractivity contribution in [1.29, 1.82) is 0 Å². The van der Waals surface area contributed by atoms with Crippen LogP contribution in [-0.4, -0.2) is 45.8 Å². The monoisotopic (exact) mass is 635 g/mol. The number of aromatic nitrogens is 1. The van der Waals surface area contributed by atoms with Gasteiger partial charge >= 0.3 is 19.8 Å². The Hall–Kier alpha value is -1.74. The van der Waals surface area contributed by atoms with Gasteiger partial charge in [-0.3, -0.25) is 9.78 Å². The van der Waals surface area contributed by atoms with Gasteiger partial charge in [0.05, 0.1) is 17.7 Å². The molecule has 2 atom stereocenters. The molecule has 1 aromatic heterocycles. The van der Waals surface area contributed by atoms with Crippen LogP contribution in [0.4, 0.5) is 8.78 Å². The number of aryl methyl sites for hydroxylation is 1. The molecule has 1 radical (unpaired) electrons. The third kappa shape index (κ3) is 4.89. The SMILES string of the molecule is Cc1cccc(-c2cccc(C[C@H]3[C@@H]([NH-])C(F)(F)CN3C(=O)C34CC(C3)C4)c2)n1.O.[CH2-]C.[Os+5]. The van der Waals surface area contributed by atoms with Crippen molar-refractivity contribution in [2.45, 2.75) is 57.5 Å². The van der Waals surface area contributed by atoms with Gasteiger partial charge in [0.25, 0.3) is 5.92 Å². The molecule has 4 aliphatic rings. The third-order valence-corrected chi connectivity index (χ3v) is 6.93. The van der Waals surface area contributed by atoms with E-state index in [1.54, 1.807) is 6.92 Å². The number of hydrogen-bond donors (Lipinski definition) is 0. The van der Waals surface area contributed by atoms with Crippen molar-refractivity contribution in [3.8, 4) is 11.3 Å². The minimum Gasteiger partial charge on any atom is -0.668 e. The Morgan fingerprint density at radius 1 is 1.18 bits per heavy atom. The molecule has 1 aliphatic heterocycles. The minimum atomic E-state index is -3.17. The fourth-order valence-electron chi connectivity index (χ4n) is 5.20. The summed E-state index contributed by atoms with van der Waals surface area (Å²) in [5.41, 5.74) is 11.2. The quantitative estimate of drug-likeness (QED) is 0.458. The minimum absolute atomic E-state index is 0. The van der Waals surface area contributed by atoms with E-state index in [2.05, 4.69) is 11.9 Å². The molecule has 1 amide bonds. The van der Waals surface area contributed by atoms with E-state index in [4.69, 9.17) is 5.73 Å². The summed E-state index contributed by atoms with van der Waals surface area (Å²) in [4.78, 5) is 18.9. The van der Waals surface area contributed by atoms with Crippen molar-refractivity contribution in [3.05, 3.63) is 66.4 Å². The summed E-state index contributed by atoms with van der Waals surface area (Å²) >= 11 is 0. The van der Waals surface area contributed by atoms with E-state index in [1.165, 1.54) is 4.90 Å². The number of nitrogens with zero attached hydrogens (tertiary/aromatic N) is 2. The average Bonchev–Trinajstić information content (AvgIpc) is 2.91. The van der Waals surface area contributed by atoms with Gasteiger partial charge in [-0.05, 0) is 68.3 Å². The molecule has 8 heteroatoms. The molecule has 1 aromatic carbocycles. The van der Waals surface area contributed by atoms with Gasteiger partial charge in [0.1, 0.15) is 0 Å². The second-order valence-electron chi connectivity index (χ2n) is 9.07. The smallest absolute Gasteiger partial charge is 0.668 e. The van der Waals surface area contributed by atoms with E-state index in [9.17, 15) is 13.6 Å². The summed E-state index contributed by atoms with van der Waals surface area (Å²) < 4.78 is 28.8. The Bertz CT molecular complexity index is 971. The van der Waals surface area contributed by atoms with Gasteiger partial charge in [0, 0.05) is 17.3 Å². The molecule has 3 aliphatic carbocycles. The topological polar surface area (TPSA) is 88.5 Å². The molecule has 177 valence electrons. The maximum atomic E-state index is 14.4. The zero-order valence-corrected chi connectivity index (χ0v) is 21.5. The largest absolute Gasteiger partial charge is 5.00 e. The van der Waals surface area contributed by atoms with Crippen LogP contribution in [0.2, 0.25) is 0 Å². The number of benzene rings is 1. The van der Waals surface area contributed by atoms with E-state index in [0.29, 0.717) is 5.92 Å². The predicted molar refractivity (Wildman–Crippen MR) is 121 cm³/mol. The van der Waals surface area contributed by atoms with Gasteiger partial charge in [-0.1, -0.05) is 24.3 Å². The zero-order chi connectivity index (χ0) is 22.4. The number of halogens is 2. The molecule has 3 N–H and O–H groups in total.